The first-order chi connectivity index (χ1) is 11.4. The van der Waals surface area contributed by atoms with Gasteiger partial charge in [0, 0.05) is 17.0 Å². The molecule has 1 amide bonds. The molecule has 0 radical (unpaired) electrons. The lowest BCUT2D eigenvalue weighted by Crippen LogP contribution is -2.39. The molecule has 0 aliphatic rings. The first-order valence-corrected chi connectivity index (χ1v) is 9.45. The molecule has 1 N–H and O–H groups in total. The van der Waals surface area contributed by atoms with Gasteiger partial charge in [-0.15, -0.1) is 0 Å². The fraction of sp³-hybridized carbons (Fsp3) is 0.450. The highest BCUT2D eigenvalue weighted by atomic mass is 32.2. The number of amides is 1. The summed E-state index contributed by atoms with van der Waals surface area (Å²) in [5.74, 6) is 1.60. The van der Waals surface area contributed by atoms with Gasteiger partial charge in [-0.05, 0) is 29.3 Å². The van der Waals surface area contributed by atoms with Crippen LogP contribution in [0.3, 0.4) is 0 Å². The first kappa shape index (κ1) is 18.7. The van der Waals surface area contributed by atoms with Crippen LogP contribution in [0.4, 0.5) is 0 Å². The molecule has 1 atom stereocenters. The molecule has 0 saturated heterocycles. The van der Waals surface area contributed by atoms with Crippen LogP contribution in [0.5, 0.6) is 5.75 Å². The third kappa shape index (κ3) is 5.75. The summed E-state index contributed by atoms with van der Waals surface area (Å²) < 4.78 is 6.13. The largest absolute Gasteiger partial charge is 0.481 e. The minimum Gasteiger partial charge on any atom is -0.481 e. The molecular weight excluding hydrogens is 318 g/mol. The standard InChI is InChI=1S/C20H27NO2S/c1-5-18(19(22)21-12-13-24-20(2,3)4)23-17-11-10-15-8-6-7-9-16(15)14-17/h6-11,14,18H,5,12-13H2,1-4H3,(H,21,22)/t18-/m1/s1. The predicted octanol–water partition coefficient (Wildman–Crippen LogP) is 4.65. The molecule has 0 aliphatic heterocycles. The summed E-state index contributed by atoms with van der Waals surface area (Å²) >= 11 is 1.84. The number of nitrogens with one attached hydrogen (secondary N) is 1. The lowest BCUT2D eigenvalue weighted by Gasteiger charge is -2.20. The van der Waals surface area contributed by atoms with Crippen molar-refractivity contribution in [2.24, 2.45) is 0 Å². The van der Waals surface area contributed by atoms with Crippen LogP contribution in [-0.2, 0) is 4.79 Å². The number of rotatable bonds is 7. The van der Waals surface area contributed by atoms with Gasteiger partial charge in [0.15, 0.2) is 6.10 Å². The lowest BCUT2D eigenvalue weighted by atomic mass is 10.1. The minimum atomic E-state index is -0.453. The number of carbonyl (C=O) groups excluding carboxylic acids is 1. The van der Waals surface area contributed by atoms with E-state index in [-0.39, 0.29) is 10.7 Å². The van der Waals surface area contributed by atoms with Gasteiger partial charge in [-0.1, -0.05) is 58.0 Å². The Hall–Kier alpha value is -1.68. The second kappa shape index (κ2) is 8.43. The number of hydrogen-bond acceptors (Lipinski definition) is 3. The molecule has 0 spiro atoms. The number of thioether (sulfide) groups is 1. The Morgan fingerprint density at radius 3 is 2.54 bits per heavy atom. The second-order valence-electron chi connectivity index (χ2n) is 6.78. The molecule has 3 nitrogen and oxygen atoms in total. The number of carbonyl (C=O) groups is 1. The highest BCUT2D eigenvalue weighted by molar-refractivity contribution is 8.00. The third-order valence-electron chi connectivity index (χ3n) is 3.60. The second-order valence-corrected chi connectivity index (χ2v) is 8.70. The number of ether oxygens (including phenoxy) is 1. The van der Waals surface area contributed by atoms with Gasteiger partial charge in [-0.2, -0.15) is 11.8 Å². The molecule has 2 aromatic rings. The van der Waals surface area contributed by atoms with Crippen molar-refractivity contribution >= 4 is 28.4 Å². The summed E-state index contributed by atoms with van der Waals surface area (Å²) in [6.45, 7) is 9.17. The van der Waals surface area contributed by atoms with Gasteiger partial charge >= 0.3 is 0 Å². The van der Waals surface area contributed by atoms with Crippen LogP contribution in [0.1, 0.15) is 34.1 Å². The molecule has 0 aliphatic carbocycles. The Labute approximate surface area is 149 Å². The third-order valence-corrected chi connectivity index (χ3v) is 4.87. The zero-order valence-corrected chi connectivity index (χ0v) is 15.8. The van der Waals surface area contributed by atoms with Crippen molar-refractivity contribution in [1.82, 2.24) is 5.32 Å². The minimum absolute atomic E-state index is 0.0415. The zero-order valence-electron chi connectivity index (χ0n) is 15.0. The van der Waals surface area contributed by atoms with E-state index in [2.05, 4.69) is 32.2 Å². The maximum atomic E-state index is 12.3. The summed E-state index contributed by atoms with van der Waals surface area (Å²) in [6, 6.07) is 14.1. The van der Waals surface area contributed by atoms with E-state index < -0.39 is 6.10 Å². The molecule has 0 heterocycles. The Bertz CT molecular complexity index is 679. The molecule has 0 fully saturated rings. The Morgan fingerprint density at radius 2 is 1.88 bits per heavy atom. The average molecular weight is 346 g/mol. The van der Waals surface area contributed by atoms with Crippen molar-refractivity contribution in [3.05, 3.63) is 42.5 Å². The number of hydrogen-bond donors (Lipinski definition) is 1. The van der Waals surface area contributed by atoms with Gasteiger partial charge in [0.1, 0.15) is 5.75 Å². The highest BCUT2D eigenvalue weighted by Gasteiger charge is 2.18. The van der Waals surface area contributed by atoms with Crippen molar-refractivity contribution in [3.8, 4) is 5.75 Å². The first-order valence-electron chi connectivity index (χ1n) is 8.46. The molecule has 0 unspecified atom stereocenters. The van der Waals surface area contributed by atoms with E-state index in [1.54, 1.807) is 0 Å². The monoisotopic (exact) mass is 345 g/mol. The van der Waals surface area contributed by atoms with Crippen molar-refractivity contribution in [1.29, 1.82) is 0 Å². The van der Waals surface area contributed by atoms with E-state index in [1.165, 1.54) is 5.39 Å². The van der Waals surface area contributed by atoms with Crippen LogP contribution in [0.2, 0.25) is 0 Å². The summed E-state index contributed by atoms with van der Waals surface area (Å²) in [5.41, 5.74) is 0. The SMILES string of the molecule is CC[C@@H](Oc1ccc2ccccc2c1)C(=O)NCCSC(C)(C)C. The lowest BCUT2D eigenvalue weighted by molar-refractivity contribution is -0.127. The fourth-order valence-electron chi connectivity index (χ4n) is 2.37. The molecule has 2 rings (SSSR count). The average Bonchev–Trinajstić information content (AvgIpc) is 2.55. The van der Waals surface area contributed by atoms with Gasteiger partial charge in [0.25, 0.3) is 5.91 Å². The van der Waals surface area contributed by atoms with Gasteiger partial charge in [-0.25, -0.2) is 0 Å². The Morgan fingerprint density at radius 1 is 1.17 bits per heavy atom. The van der Waals surface area contributed by atoms with E-state index in [0.29, 0.717) is 13.0 Å². The maximum Gasteiger partial charge on any atom is 0.261 e. The molecule has 2 aromatic carbocycles. The Balaban J connectivity index is 1.91. The van der Waals surface area contributed by atoms with E-state index in [9.17, 15) is 4.79 Å². The quantitative estimate of drug-likeness (QED) is 0.743. The van der Waals surface area contributed by atoms with Gasteiger partial charge in [0.2, 0.25) is 0 Å². The summed E-state index contributed by atoms with van der Waals surface area (Å²) in [6.07, 6.45) is 0.191. The highest BCUT2D eigenvalue weighted by Crippen LogP contribution is 2.23. The van der Waals surface area contributed by atoms with E-state index in [4.69, 9.17) is 4.74 Å². The van der Waals surface area contributed by atoms with Crippen molar-refractivity contribution in [2.45, 2.75) is 45.0 Å². The normalized spacial score (nSPS) is 12.8. The molecular formula is C20H27NO2S. The van der Waals surface area contributed by atoms with Gasteiger partial charge in [0.05, 0.1) is 0 Å². The molecule has 0 saturated carbocycles. The molecule has 0 bridgehead atoms. The summed E-state index contributed by atoms with van der Waals surface area (Å²) in [7, 11) is 0. The smallest absolute Gasteiger partial charge is 0.261 e. The van der Waals surface area contributed by atoms with Crippen LogP contribution >= 0.6 is 11.8 Å². The number of benzene rings is 2. The summed E-state index contributed by atoms with van der Waals surface area (Å²) in [5, 5.41) is 5.26. The van der Waals surface area contributed by atoms with E-state index in [1.807, 2.05) is 55.1 Å². The van der Waals surface area contributed by atoms with Crippen LogP contribution in [-0.4, -0.2) is 29.1 Å². The topological polar surface area (TPSA) is 38.3 Å². The van der Waals surface area contributed by atoms with Crippen LogP contribution in [0, 0.1) is 0 Å². The Kier molecular flexibility index (Phi) is 6.55. The van der Waals surface area contributed by atoms with Crippen LogP contribution < -0.4 is 10.1 Å². The zero-order chi connectivity index (χ0) is 17.6. The molecule has 0 aromatic heterocycles. The molecule has 4 heteroatoms. The predicted molar refractivity (Wildman–Crippen MR) is 104 cm³/mol. The fourth-order valence-corrected chi connectivity index (χ4v) is 3.19. The van der Waals surface area contributed by atoms with Crippen molar-refractivity contribution < 1.29 is 9.53 Å². The van der Waals surface area contributed by atoms with Gasteiger partial charge < -0.3 is 10.1 Å². The number of fused-ring (bicyclic) bond motifs is 1. The maximum absolute atomic E-state index is 12.3. The molecule has 24 heavy (non-hydrogen) atoms. The van der Waals surface area contributed by atoms with Crippen LogP contribution in [0.25, 0.3) is 10.8 Å². The van der Waals surface area contributed by atoms with Gasteiger partial charge in [-0.3, -0.25) is 4.79 Å². The molecule has 130 valence electrons. The van der Waals surface area contributed by atoms with Crippen molar-refractivity contribution in [3.63, 3.8) is 0 Å². The van der Waals surface area contributed by atoms with Crippen LogP contribution in [0.15, 0.2) is 42.5 Å². The van der Waals surface area contributed by atoms with E-state index >= 15 is 0 Å². The summed E-state index contributed by atoms with van der Waals surface area (Å²) in [4.78, 5) is 12.3. The van der Waals surface area contributed by atoms with E-state index in [0.717, 1.165) is 16.9 Å². The van der Waals surface area contributed by atoms with Crippen molar-refractivity contribution in [2.75, 3.05) is 12.3 Å².